The fourth-order valence-corrected chi connectivity index (χ4v) is 4.80. The van der Waals surface area contributed by atoms with Gasteiger partial charge < -0.3 is 19.4 Å². The van der Waals surface area contributed by atoms with Crippen molar-refractivity contribution in [2.24, 2.45) is 5.92 Å². The van der Waals surface area contributed by atoms with Crippen LogP contribution in [0.4, 0.5) is 5.95 Å². The first kappa shape index (κ1) is 24.8. The van der Waals surface area contributed by atoms with Gasteiger partial charge in [0.05, 0.1) is 30.7 Å². The van der Waals surface area contributed by atoms with E-state index in [9.17, 15) is 9.59 Å². The topological polar surface area (TPSA) is 102 Å². The number of thioether (sulfide) groups is 1. The van der Waals surface area contributed by atoms with Crippen LogP contribution in [0.1, 0.15) is 48.4 Å². The number of amides is 1. The first-order valence-corrected chi connectivity index (χ1v) is 12.6. The number of anilines is 1. The standard InChI is InChI=1S/C25H31N5O4S/c1-17-10-12-29(13-11-17)24-27-28-25(30(24)16-21-5-4-14-34-21)35-18(2)22(31)26-15-19-6-8-20(9-7-19)23(32)33-3/h4-9,14,17-18H,10-13,15-16H2,1-3H3,(H,26,31). The van der Waals surface area contributed by atoms with Gasteiger partial charge in [0.15, 0.2) is 5.16 Å². The second kappa shape index (κ2) is 11.4. The van der Waals surface area contributed by atoms with Crippen LogP contribution in [0, 0.1) is 5.92 Å². The Bertz CT molecular complexity index is 1120. The number of methoxy groups -OCH3 is 1. The summed E-state index contributed by atoms with van der Waals surface area (Å²) < 4.78 is 12.3. The van der Waals surface area contributed by atoms with Gasteiger partial charge in [0.2, 0.25) is 11.9 Å². The summed E-state index contributed by atoms with van der Waals surface area (Å²) in [6.45, 7) is 6.88. The summed E-state index contributed by atoms with van der Waals surface area (Å²) in [4.78, 5) is 26.7. The number of benzene rings is 1. The van der Waals surface area contributed by atoms with E-state index in [0.29, 0.717) is 29.7 Å². The molecule has 3 heterocycles. The Morgan fingerprint density at radius 3 is 2.60 bits per heavy atom. The van der Waals surface area contributed by atoms with Gasteiger partial charge in [-0.1, -0.05) is 30.8 Å². The lowest BCUT2D eigenvalue weighted by Crippen LogP contribution is -2.35. The average Bonchev–Trinajstić information content (AvgIpc) is 3.53. The molecule has 3 aromatic rings. The number of carbonyl (C=O) groups excluding carboxylic acids is 2. The Morgan fingerprint density at radius 1 is 1.20 bits per heavy atom. The number of hydrogen-bond donors (Lipinski definition) is 1. The fourth-order valence-electron chi connectivity index (χ4n) is 3.93. The molecule has 0 radical (unpaired) electrons. The van der Waals surface area contributed by atoms with E-state index in [1.807, 2.05) is 23.6 Å². The molecule has 0 spiro atoms. The van der Waals surface area contributed by atoms with Gasteiger partial charge >= 0.3 is 5.97 Å². The third-order valence-electron chi connectivity index (χ3n) is 6.15. The predicted octanol–water partition coefficient (Wildman–Crippen LogP) is 3.74. The van der Waals surface area contributed by atoms with Crippen molar-refractivity contribution >= 4 is 29.6 Å². The zero-order valence-corrected chi connectivity index (χ0v) is 21.1. The number of ether oxygens (including phenoxy) is 1. The van der Waals surface area contributed by atoms with Crippen molar-refractivity contribution in [3.8, 4) is 0 Å². The van der Waals surface area contributed by atoms with E-state index in [0.717, 1.165) is 43.2 Å². The summed E-state index contributed by atoms with van der Waals surface area (Å²) in [5, 5.41) is 12.2. The Balaban J connectivity index is 1.41. The van der Waals surface area contributed by atoms with Crippen LogP contribution in [-0.2, 0) is 22.6 Å². The second-order valence-corrected chi connectivity index (χ2v) is 10.1. The minimum absolute atomic E-state index is 0.104. The van der Waals surface area contributed by atoms with E-state index < -0.39 is 0 Å². The van der Waals surface area contributed by atoms with Crippen molar-refractivity contribution in [1.29, 1.82) is 0 Å². The molecule has 0 aliphatic carbocycles. The molecule has 1 amide bonds. The molecule has 1 atom stereocenters. The van der Waals surface area contributed by atoms with E-state index >= 15 is 0 Å². The number of nitrogens with zero attached hydrogens (tertiary/aromatic N) is 4. The lowest BCUT2D eigenvalue weighted by atomic mass is 10.00. The van der Waals surface area contributed by atoms with Crippen LogP contribution >= 0.6 is 11.8 Å². The van der Waals surface area contributed by atoms with Crippen molar-refractivity contribution in [3.63, 3.8) is 0 Å². The number of rotatable bonds is 9. The lowest BCUT2D eigenvalue weighted by molar-refractivity contribution is -0.120. The van der Waals surface area contributed by atoms with E-state index in [1.54, 1.807) is 30.5 Å². The number of carbonyl (C=O) groups is 2. The maximum absolute atomic E-state index is 12.8. The molecule has 1 aliphatic heterocycles. The molecule has 0 saturated carbocycles. The quantitative estimate of drug-likeness (QED) is 0.352. The first-order valence-electron chi connectivity index (χ1n) is 11.8. The molecule has 2 aromatic heterocycles. The lowest BCUT2D eigenvalue weighted by Gasteiger charge is -2.31. The molecule has 0 bridgehead atoms. The van der Waals surface area contributed by atoms with Gasteiger partial charge in [0.1, 0.15) is 5.76 Å². The summed E-state index contributed by atoms with van der Waals surface area (Å²) in [5.74, 6) is 1.84. The van der Waals surface area contributed by atoms with Gasteiger partial charge in [0.25, 0.3) is 0 Å². The Hall–Kier alpha value is -3.27. The molecule has 1 unspecified atom stereocenters. The average molecular weight is 498 g/mol. The second-order valence-electron chi connectivity index (χ2n) is 8.78. The van der Waals surface area contributed by atoms with Crippen LogP contribution in [0.5, 0.6) is 0 Å². The molecule has 1 saturated heterocycles. The van der Waals surface area contributed by atoms with E-state index in [2.05, 4.69) is 27.3 Å². The largest absolute Gasteiger partial charge is 0.467 e. The molecule has 4 rings (SSSR count). The zero-order chi connectivity index (χ0) is 24.8. The summed E-state index contributed by atoms with van der Waals surface area (Å²) in [7, 11) is 1.35. The molecular formula is C25H31N5O4S. The highest BCUT2D eigenvalue weighted by Crippen LogP contribution is 2.29. The molecule has 1 aliphatic rings. The highest BCUT2D eigenvalue weighted by atomic mass is 32.2. The normalized spacial score (nSPS) is 15.1. The molecule has 1 fully saturated rings. The number of piperidine rings is 1. The highest BCUT2D eigenvalue weighted by Gasteiger charge is 2.25. The third kappa shape index (κ3) is 6.25. The predicted molar refractivity (Wildman–Crippen MR) is 133 cm³/mol. The summed E-state index contributed by atoms with van der Waals surface area (Å²) >= 11 is 1.38. The number of hydrogen-bond acceptors (Lipinski definition) is 8. The van der Waals surface area contributed by atoms with Crippen molar-refractivity contribution in [2.45, 2.75) is 50.2 Å². The van der Waals surface area contributed by atoms with Gasteiger partial charge in [-0.3, -0.25) is 9.36 Å². The minimum Gasteiger partial charge on any atom is -0.467 e. The molecule has 10 heteroatoms. The van der Waals surface area contributed by atoms with E-state index in [-0.39, 0.29) is 17.1 Å². The van der Waals surface area contributed by atoms with E-state index in [1.165, 1.54) is 18.9 Å². The van der Waals surface area contributed by atoms with Crippen LogP contribution in [-0.4, -0.2) is 52.1 Å². The van der Waals surface area contributed by atoms with Crippen molar-refractivity contribution in [3.05, 3.63) is 59.5 Å². The van der Waals surface area contributed by atoms with Crippen LogP contribution in [0.15, 0.2) is 52.2 Å². The first-order chi connectivity index (χ1) is 16.9. The summed E-state index contributed by atoms with van der Waals surface area (Å²) in [5.41, 5.74) is 1.37. The van der Waals surface area contributed by atoms with Crippen molar-refractivity contribution < 1.29 is 18.7 Å². The maximum atomic E-state index is 12.8. The third-order valence-corrected chi connectivity index (χ3v) is 7.23. The molecular weight excluding hydrogens is 466 g/mol. The number of esters is 1. The molecule has 9 nitrogen and oxygen atoms in total. The van der Waals surface area contributed by atoms with Gasteiger partial charge in [-0.25, -0.2) is 4.79 Å². The minimum atomic E-state index is -0.386. The van der Waals surface area contributed by atoms with Crippen LogP contribution in [0.3, 0.4) is 0 Å². The van der Waals surface area contributed by atoms with Crippen LogP contribution in [0.25, 0.3) is 0 Å². The van der Waals surface area contributed by atoms with Crippen molar-refractivity contribution in [1.82, 2.24) is 20.1 Å². The fraction of sp³-hybridized carbons (Fsp3) is 0.440. The number of furan rings is 1. The Labute approximate surface area is 209 Å². The highest BCUT2D eigenvalue weighted by molar-refractivity contribution is 8.00. The van der Waals surface area contributed by atoms with E-state index in [4.69, 9.17) is 9.15 Å². The molecule has 1 aromatic carbocycles. The Kier molecular flexibility index (Phi) is 8.12. The van der Waals surface area contributed by atoms with Gasteiger partial charge in [0, 0.05) is 19.6 Å². The molecule has 186 valence electrons. The maximum Gasteiger partial charge on any atom is 0.337 e. The van der Waals surface area contributed by atoms with Gasteiger partial charge in [-0.2, -0.15) is 0 Å². The Morgan fingerprint density at radius 2 is 1.94 bits per heavy atom. The summed E-state index contributed by atoms with van der Waals surface area (Å²) in [6, 6.07) is 10.8. The smallest absolute Gasteiger partial charge is 0.337 e. The zero-order valence-electron chi connectivity index (χ0n) is 20.3. The molecule has 1 N–H and O–H groups in total. The summed E-state index contributed by atoms with van der Waals surface area (Å²) in [6.07, 6.45) is 3.90. The number of aromatic nitrogens is 3. The van der Waals surface area contributed by atoms with Crippen LogP contribution < -0.4 is 10.2 Å². The van der Waals surface area contributed by atoms with Crippen molar-refractivity contribution in [2.75, 3.05) is 25.1 Å². The van der Waals surface area contributed by atoms with Gasteiger partial charge in [-0.15, -0.1) is 10.2 Å². The number of nitrogens with one attached hydrogen (secondary N) is 1. The molecule has 35 heavy (non-hydrogen) atoms. The monoisotopic (exact) mass is 497 g/mol. The SMILES string of the molecule is COC(=O)c1ccc(CNC(=O)C(C)Sc2nnc(N3CCC(C)CC3)n2Cc2ccco2)cc1. The van der Waals surface area contributed by atoms with Crippen LogP contribution in [0.2, 0.25) is 0 Å². The van der Waals surface area contributed by atoms with Gasteiger partial charge in [-0.05, 0) is 55.5 Å².